The molecule has 0 unspecified atom stereocenters. The molecule has 1 amide bonds. The number of rotatable bonds is 12. The van der Waals surface area contributed by atoms with E-state index in [1.807, 2.05) is 72.9 Å². The molecule has 0 aliphatic carbocycles. The van der Waals surface area contributed by atoms with Gasteiger partial charge in [-0.3, -0.25) is 14.6 Å². The van der Waals surface area contributed by atoms with Crippen molar-refractivity contribution in [2.75, 3.05) is 6.54 Å². The molecule has 0 radical (unpaired) electrons. The van der Waals surface area contributed by atoms with Crippen molar-refractivity contribution in [3.8, 4) is 11.5 Å². The number of hydrogen-bond donors (Lipinski definition) is 2. The zero-order chi connectivity index (χ0) is 25.9. The summed E-state index contributed by atoms with van der Waals surface area (Å²) < 4.78 is 5.59. The number of oxazole rings is 1. The number of allylic oxidation sites excluding steroid dienone is 1. The van der Waals surface area contributed by atoms with E-state index in [-0.39, 0.29) is 18.0 Å². The van der Waals surface area contributed by atoms with Crippen LogP contribution in [0.1, 0.15) is 52.9 Å². The molecular formula is C30H29N3O4. The van der Waals surface area contributed by atoms with Crippen LogP contribution in [0.15, 0.2) is 95.9 Å². The van der Waals surface area contributed by atoms with Crippen molar-refractivity contribution in [3.63, 3.8) is 0 Å². The number of hydrogen-bond acceptors (Lipinski definition) is 5. The van der Waals surface area contributed by atoms with Crippen LogP contribution >= 0.6 is 0 Å². The zero-order valence-electron chi connectivity index (χ0n) is 20.5. The molecule has 7 nitrogen and oxygen atoms in total. The van der Waals surface area contributed by atoms with Crippen molar-refractivity contribution in [2.45, 2.75) is 32.1 Å². The minimum Gasteiger partial charge on any atom is -0.481 e. The SMILES string of the molecule is O=C(O)CCCC/C=C(\c1ccc(-c2nc(C(=O)NCCc3ccccc3)co2)cc1)c1cccnc1. The van der Waals surface area contributed by atoms with E-state index in [0.29, 0.717) is 18.9 Å². The first-order valence-electron chi connectivity index (χ1n) is 12.3. The molecule has 4 aromatic rings. The summed E-state index contributed by atoms with van der Waals surface area (Å²) in [5.41, 5.74) is 5.17. The topological polar surface area (TPSA) is 105 Å². The van der Waals surface area contributed by atoms with Gasteiger partial charge in [-0.05, 0) is 60.6 Å². The van der Waals surface area contributed by atoms with Gasteiger partial charge in [0, 0.05) is 36.5 Å². The average molecular weight is 496 g/mol. The summed E-state index contributed by atoms with van der Waals surface area (Å²) in [7, 11) is 0. The Hall–Kier alpha value is -4.52. The second-order valence-corrected chi connectivity index (χ2v) is 8.61. The van der Waals surface area contributed by atoms with Crippen LogP contribution in [-0.2, 0) is 11.2 Å². The number of aromatic nitrogens is 2. The molecule has 0 aliphatic rings. The highest BCUT2D eigenvalue weighted by Crippen LogP contribution is 2.27. The summed E-state index contributed by atoms with van der Waals surface area (Å²) in [5, 5.41) is 11.7. The van der Waals surface area contributed by atoms with Crippen LogP contribution in [0.3, 0.4) is 0 Å². The number of unbranched alkanes of at least 4 members (excludes halogenated alkanes) is 2. The van der Waals surface area contributed by atoms with Crippen LogP contribution in [0.2, 0.25) is 0 Å². The Labute approximate surface area is 215 Å². The van der Waals surface area contributed by atoms with Crippen molar-refractivity contribution in [1.82, 2.24) is 15.3 Å². The van der Waals surface area contributed by atoms with Gasteiger partial charge in [-0.15, -0.1) is 0 Å². The monoisotopic (exact) mass is 495 g/mol. The van der Waals surface area contributed by atoms with Crippen molar-refractivity contribution in [2.24, 2.45) is 0 Å². The Morgan fingerprint density at radius 2 is 1.76 bits per heavy atom. The molecule has 0 aliphatic heterocycles. The second-order valence-electron chi connectivity index (χ2n) is 8.61. The van der Waals surface area contributed by atoms with E-state index in [1.54, 1.807) is 6.20 Å². The van der Waals surface area contributed by atoms with E-state index in [9.17, 15) is 9.59 Å². The summed E-state index contributed by atoms with van der Waals surface area (Å²) in [5.74, 6) is -0.668. The normalized spacial score (nSPS) is 11.3. The van der Waals surface area contributed by atoms with E-state index >= 15 is 0 Å². The van der Waals surface area contributed by atoms with Crippen LogP contribution < -0.4 is 5.32 Å². The summed E-state index contributed by atoms with van der Waals surface area (Å²) >= 11 is 0. The predicted octanol–water partition coefficient (Wildman–Crippen LogP) is 5.79. The molecule has 0 fully saturated rings. The lowest BCUT2D eigenvalue weighted by Crippen LogP contribution is -2.25. The van der Waals surface area contributed by atoms with Gasteiger partial charge in [0.25, 0.3) is 5.91 Å². The number of nitrogens with one attached hydrogen (secondary N) is 1. The Balaban J connectivity index is 1.41. The van der Waals surface area contributed by atoms with E-state index in [0.717, 1.165) is 47.1 Å². The fourth-order valence-electron chi connectivity index (χ4n) is 3.95. The Kier molecular flexibility index (Phi) is 8.97. The Bertz CT molecular complexity index is 1330. The molecule has 37 heavy (non-hydrogen) atoms. The molecule has 0 saturated carbocycles. The van der Waals surface area contributed by atoms with Crippen molar-refractivity contribution < 1.29 is 19.1 Å². The molecule has 188 valence electrons. The van der Waals surface area contributed by atoms with Gasteiger partial charge >= 0.3 is 5.97 Å². The van der Waals surface area contributed by atoms with E-state index < -0.39 is 5.97 Å². The van der Waals surface area contributed by atoms with Crippen molar-refractivity contribution in [1.29, 1.82) is 0 Å². The molecule has 2 aromatic carbocycles. The molecule has 4 rings (SSSR count). The number of pyridine rings is 1. The molecule has 0 bridgehead atoms. The summed E-state index contributed by atoms with van der Waals surface area (Å²) in [6.45, 7) is 0.513. The van der Waals surface area contributed by atoms with Gasteiger partial charge < -0.3 is 14.8 Å². The van der Waals surface area contributed by atoms with Gasteiger partial charge in [0.1, 0.15) is 6.26 Å². The number of nitrogens with zero attached hydrogens (tertiary/aromatic N) is 2. The lowest BCUT2D eigenvalue weighted by atomic mass is 9.96. The molecule has 0 spiro atoms. The molecule has 7 heteroatoms. The smallest absolute Gasteiger partial charge is 0.303 e. The quantitative estimate of drug-likeness (QED) is 0.241. The molecule has 0 saturated heterocycles. The van der Waals surface area contributed by atoms with Gasteiger partial charge in [0.05, 0.1) is 0 Å². The average Bonchev–Trinajstić information content (AvgIpc) is 3.42. The fourth-order valence-corrected chi connectivity index (χ4v) is 3.95. The van der Waals surface area contributed by atoms with Gasteiger partial charge in [-0.25, -0.2) is 4.98 Å². The third-order valence-corrected chi connectivity index (χ3v) is 5.89. The van der Waals surface area contributed by atoms with Crippen LogP contribution in [0.5, 0.6) is 0 Å². The van der Waals surface area contributed by atoms with E-state index in [4.69, 9.17) is 9.52 Å². The number of aliphatic carboxylic acids is 1. The van der Waals surface area contributed by atoms with E-state index in [2.05, 4.69) is 21.4 Å². The van der Waals surface area contributed by atoms with Crippen molar-refractivity contribution >= 4 is 17.4 Å². The maximum atomic E-state index is 12.5. The Morgan fingerprint density at radius 1 is 0.946 bits per heavy atom. The summed E-state index contributed by atoms with van der Waals surface area (Å²) in [4.78, 5) is 31.9. The number of amides is 1. The largest absolute Gasteiger partial charge is 0.481 e. The van der Waals surface area contributed by atoms with Crippen LogP contribution in [-0.4, -0.2) is 33.5 Å². The Morgan fingerprint density at radius 3 is 2.49 bits per heavy atom. The molecular weight excluding hydrogens is 466 g/mol. The first kappa shape index (κ1) is 25.6. The number of carboxylic acid groups (broad SMARTS) is 1. The second kappa shape index (κ2) is 13.0. The molecule has 2 heterocycles. The summed E-state index contributed by atoms with van der Waals surface area (Å²) in [6, 6.07) is 21.6. The highest BCUT2D eigenvalue weighted by molar-refractivity contribution is 5.92. The van der Waals surface area contributed by atoms with Crippen LogP contribution in [0.4, 0.5) is 0 Å². The number of carbonyl (C=O) groups excluding carboxylic acids is 1. The number of carbonyl (C=O) groups is 2. The first-order chi connectivity index (χ1) is 18.1. The zero-order valence-corrected chi connectivity index (χ0v) is 20.5. The highest BCUT2D eigenvalue weighted by Gasteiger charge is 2.14. The number of carboxylic acids is 1. The third kappa shape index (κ3) is 7.48. The van der Waals surface area contributed by atoms with Crippen molar-refractivity contribution in [3.05, 3.63) is 114 Å². The minimum atomic E-state index is -0.772. The molecule has 0 atom stereocenters. The van der Waals surface area contributed by atoms with Gasteiger partial charge in [-0.2, -0.15) is 0 Å². The third-order valence-electron chi connectivity index (χ3n) is 5.89. The lowest BCUT2D eigenvalue weighted by Gasteiger charge is -2.09. The number of benzene rings is 2. The van der Waals surface area contributed by atoms with Crippen LogP contribution in [0, 0.1) is 0 Å². The fraction of sp³-hybridized carbons (Fsp3) is 0.200. The van der Waals surface area contributed by atoms with Gasteiger partial charge in [-0.1, -0.05) is 54.6 Å². The van der Waals surface area contributed by atoms with E-state index in [1.165, 1.54) is 6.26 Å². The first-order valence-corrected chi connectivity index (χ1v) is 12.3. The van der Waals surface area contributed by atoms with Crippen LogP contribution in [0.25, 0.3) is 17.0 Å². The maximum absolute atomic E-state index is 12.5. The van der Waals surface area contributed by atoms with Gasteiger partial charge in [0.2, 0.25) is 5.89 Å². The lowest BCUT2D eigenvalue weighted by molar-refractivity contribution is -0.137. The molecule has 2 N–H and O–H groups in total. The standard InChI is InChI=1S/C30H29N3O4/c34-28(35)12-6-2-5-11-26(25-10-7-18-31-20-25)23-13-15-24(16-14-23)30-33-27(21-37-30)29(36)32-19-17-22-8-3-1-4-9-22/h1,3-4,7-11,13-16,18,20-21H,2,5-6,12,17,19H2,(H,32,36)(H,34,35)/b26-11+. The predicted molar refractivity (Wildman–Crippen MR) is 142 cm³/mol. The minimum absolute atomic E-state index is 0.175. The summed E-state index contributed by atoms with van der Waals surface area (Å²) in [6.07, 6.45) is 10.2. The van der Waals surface area contributed by atoms with Gasteiger partial charge in [0.15, 0.2) is 5.69 Å². The maximum Gasteiger partial charge on any atom is 0.303 e. The molecule has 2 aromatic heterocycles. The highest BCUT2D eigenvalue weighted by atomic mass is 16.4.